The summed E-state index contributed by atoms with van der Waals surface area (Å²) in [5, 5.41) is 5.99. The monoisotopic (exact) mass is 425 g/mol. The zero-order valence-electron chi connectivity index (χ0n) is 17.2. The molecule has 0 spiro atoms. The summed E-state index contributed by atoms with van der Waals surface area (Å²) >= 11 is 1.57. The lowest BCUT2D eigenvalue weighted by molar-refractivity contribution is -0.132. The molecule has 1 amide bonds. The predicted molar refractivity (Wildman–Crippen MR) is 116 cm³/mol. The van der Waals surface area contributed by atoms with Gasteiger partial charge >= 0.3 is 0 Å². The van der Waals surface area contributed by atoms with E-state index in [-0.39, 0.29) is 5.91 Å². The van der Waals surface area contributed by atoms with E-state index in [9.17, 15) is 4.79 Å². The first kappa shape index (κ1) is 20.7. The Morgan fingerprint density at radius 3 is 2.83 bits per heavy atom. The lowest BCUT2D eigenvalue weighted by Crippen LogP contribution is -2.46. The summed E-state index contributed by atoms with van der Waals surface area (Å²) in [7, 11) is 1.92. The molecular weight excluding hydrogens is 398 g/mol. The second-order valence-electron chi connectivity index (χ2n) is 7.64. The van der Waals surface area contributed by atoms with Gasteiger partial charge in [-0.1, -0.05) is 17.3 Å². The molecule has 1 aliphatic rings. The van der Waals surface area contributed by atoms with Crippen LogP contribution >= 0.6 is 11.3 Å². The van der Waals surface area contributed by atoms with Gasteiger partial charge in [-0.3, -0.25) is 9.78 Å². The average Bonchev–Trinajstić information content (AvgIpc) is 3.48. The van der Waals surface area contributed by atoms with Crippen LogP contribution in [0.25, 0.3) is 10.7 Å². The molecule has 0 radical (unpaired) electrons. The average molecular weight is 426 g/mol. The van der Waals surface area contributed by atoms with Crippen LogP contribution in [0, 0.1) is 0 Å². The number of carbonyl (C=O) groups excluding carboxylic acids is 1. The van der Waals surface area contributed by atoms with Crippen molar-refractivity contribution in [3.8, 4) is 10.7 Å². The number of rotatable bonds is 8. The number of piperidine rings is 1. The van der Waals surface area contributed by atoms with Gasteiger partial charge in [0.2, 0.25) is 17.6 Å². The normalized spacial score (nSPS) is 15.4. The van der Waals surface area contributed by atoms with Crippen molar-refractivity contribution in [2.45, 2.75) is 38.1 Å². The molecule has 0 atom stereocenters. The van der Waals surface area contributed by atoms with E-state index in [0.29, 0.717) is 30.6 Å². The third-order valence-corrected chi connectivity index (χ3v) is 6.54. The van der Waals surface area contributed by atoms with Crippen LogP contribution in [0.2, 0.25) is 0 Å². The minimum absolute atomic E-state index is 0.137. The Morgan fingerprint density at radius 1 is 1.23 bits per heavy atom. The first-order valence-electron chi connectivity index (χ1n) is 10.4. The van der Waals surface area contributed by atoms with Crippen LogP contribution in [-0.4, -0.2) is 63.6 Å². The minimum Gasteiger partial charge on any atom is -0.343 e. The Balaban J connectivity index is 1.19. The molecule has 3 aromatic heterocycles. The van der Waals surface area contributed by atoms with Gasteiger partial charge in [0, 0.05) is 63.9 Å². The number of pyridine rings is 1. The second kappa shape index (κ2) is 9.95. The predicted octanol–water partition coefficient (Wildman–Crippen LogP) is 3.29. The highest BCUT2D eigenvalue weighted by molar-refractivity contribution is 7.13. The van der Waals surface area contributed by atoms with E-state index in [1.165, 1.54) is 0 Å². The molecule has 8 heteroatoms. The largest absolute Gasteiger partial charge is 0.343 e. The standard InChI is InChI=1S/C22H27N5O2S/c1-26(18-10-14-27(15-11-18)13-9-17-5-2-3-12-23-17)21(28)8-7-20-24-22(25-29-20)19-6-4-16-30-19/h2-6,12,16,18H,7-11,13-15H2,1H3. The van der Waals surface area contributed by atoms with Gasteiger partial charge in [0.15, 0.2) is 0 Å². The smallest absolute Gasteiger partial charge is 0.227 e. The van der Waals surface area contributed by atoms with E-state index in [1.54, 1.807) is 11.3 Å². The molecule has 158 valence electrons. The molecule has 7 nitrogen and oxygen atoms in total. The molecule has 1 saturated heterocycles. The minimum atomic E-state index is 0.137. The number of likely N-dealkylation sites (tertiary alicyclic amines) is 1. The van der Waals surface area contributed by atoms with Crippen LogP contribution < -0.4 is 0 Å². The molecule has 0 unspecified atom stereocenters. The fourth-order valence-electron chi connectivity index (χ4n) is 3.81. The van der Waals surface area contributed by atoms with Crippen molar-refractivity contribution < 1.29 is 9.32 Å². The molecule has 0 bridgehead atoms. The summed E-state index contributed by atoms with van der Waals surface area (Å²) in [5.41, 5.74) is 1.13. The van der Waals surface area contributed by atoms with Gasteiger partial charge in [-0.2, -0.15) is 4.98 Å². The maximum atomic E-state index is 12.7. The van der Waals surface area contributed by atoms with Crippen molar-refractivity contribution in [3.05, 3.63) is 53.5 Å². The number of thiophene rings is 1. The molecule has 0 N–H and O–H groups in total. The SMILES string of the molecule is CN(C(=O)CCc1nc(-c2cccs2)no1)C1CCN(CCc2ccccn2)CC1. The highest BCUT2D eigenvalue weighted by Gasteiger charge is 2.25. The number of hydrogen-bond donors (Lipinski definition) is 0. The van der Waals surface area contributed by atoms with Gasteiger partial charge < -0.3 is 14.3 Å². The molecule has 0 aliphatic carbocycles. The van der Waals surface area contributed by atoms with Gasteiger partial charge in [0.05, 0.1) is 4.88 Å². The van der Waals surface area contributed by atoms with Crippen LogP contribution in [0.15, 0.2) is 46.4 Å². The number of amides is 1. The molecule has 4 heterocycles. The first-order chi connectivity index (χ1) is 14.7. The fourth-order valence-corrected chi connectivity index (χ4v) is 4.45. The van der Waals surface area contributed by atoms with Gasteiger partial charge in [0.1, 0.15) is 0 Å². The molecular formula is C22H27N5O2S. The number of nitrogens with zero attached hydrogens (tertiary/aromatic N) is 5. The van der Waals surface area contributed by atoms with Crippen molar-refractivity contribution in [2.75, 3.05) is 26.7 Å². The van der Waals surface area contributed by atoms with E-state index >= 15 is 0 Å². The molecule has 4 rings (SSSR count). The number of aromatic nitrogens is 3. The Bertz CT molecular complexity index is 920. The van der Waals surface area contributed by atoms with Crippen LogP contribution in [0.3, 0.4) is 0 Å². The summed E-state index contributed by atoms with van der Waals surface area (Å²) in [4.78, 5) is 26.8. The molecule has 0 saturated carbocycles. The zero-order chi connectivity index (χ0) is 20.8. The highest BCUT2D eigenvalue weighted by atomic mass is 32.1. The van der Waals surface area contributed by atoms with Gasteiger partial charge in [-0.15, -0.1) is 11.3 Å². The third-order valence-electron chi connectivity index (χ3n) is 5.67. The molecule has 0 aromatic carbocycles. The summed E-state index contributed by atoms with van der Waals surface area (Å²) in [5.74, 6) is 1.25. The topological polar surface area (TPSA) is 75.4 Å². The Labute approximate surface area is 180 Å². The number of hydrogen-bond acceptors (Lipinski definition) is 7. The third kappa shape index (κ3) is 5.31. The Hall–Kier alpha value is -2.58. The highest BCUT2D eigenvalue weighted by Crippen LogP contribution is 2.22. The summed E-state index contributed by atoms with van der Waals surface area (Å²) in [6, 6.07) is 10.3. The summed E-state index contributed by atoms with van der Waals surface area (Å²) in [6.07, 6.45) is 5.70. The molecule has 1 aliphatic heterocycles. The Kier molecular flexibility index (Phi) is 6.86. The van der Waals surface area contributed by atoms with Crippen molar-refractivity contribution in [3.63, 3.8) is 0 Å². The molecule has 30 heavy (non-hydrogen) atoms. The summed E-state index contributed by atoms with van der Waals surface area (Å²) < 4.78 is 5.30. The lowest BCUT2D eigenvalue weighted by atomic mass is 10.0. The van der Waals surface area contributed by atoms with Crippen LogP contribution in [0.1, 0.15) is 30.8 Å². The second-order valence-corrected chi connectivity index (χ2v) is 8.59. The van der Waals surface area contributed by atoms with E-state index in [0.717, 1.165) is 49.5 Å². The van der Waals surface area contributed by atoms with E-state index in [4.69, 9.17) is 4.52 Å². The van der Waals surface area contributed by atoms with E-state index in [2.05, 4.69) is 26.1 Å². The van der Waals surface area contributed by atoms with Crippen molar-refractivity contribution in [1.29, 1.82) is 0 Å². The van der Waals surface area contributed by atoms with Crippen molar-refractivity contribution in [1.82, 2.24) is 24.9 Å². The summed E-state index contributed by atoms with van der Waals surface area (Å²) in [6.45, 7) is 3.05. The molecule has 3 aromatic rings. The fraction of sp³-hybridized carbons (Fsp3) is 0.455. The Morgan fingerprint density at radius 2 is 2.10 bits per heavy atom. The van der Waals surface area contributed by atoms with Gasteiger partial charge in [0.25, 0.3) is 0 Å². The van der Waals surface area contributed by atoms with E-state index < -0.39 is 0 Å². The quantitative estimate of drug-likeness (QED) is 0.551. The zero-order valence-corrected chi connectivity index (χ0v) is 18.1. The van der Waals surface area contributed by atoms with Gasteiger partial charge in [-0.25, -0.2) is 0 Å². The van der Waals surface area contributed by atoms with Crippen LogP contribution in [0.5, 0.6) is 0 Å². The van der Waals surface area contributed by atoms with Gasteiger partial charge in [-0.05, 0) is 36.4 Å². The maximum Gasteiger partial charge on any atom is 0.227 e. The first-order valence-corrected chi connectivity index (χ1v) is 11.3. The maximum absolute atomic E-state index is 12.7. The lowest BCUT2D eigenvalue weighted by Gasteiger charge is -2.36. The van der Waals surface area contributed by atoms with Crippen LogP contribution in [0.4, 0.5) is 0 Å². The van der Waals surface area contributed by atoms with E-state index in [1.807, 2.05) is 47.8 Å². The number of carbonyl (C=O) groups is 1. The van der Waals surface area contributed by atoms with Crippen LogP contribution in [-0.2, 0) is 17.6 Å². The van der Waals surface area contributed by atoms with Crippen molar-refractivity contribution in [2.24, 2.45) is 0 Å². The van der Waals surface area contributed by atoms with Crippen molar-refractivity contribution >= 4 is 17.2 Å². The number of aryl methyl sites for hydroxylation is 1. The molecule has 1 fully saturated rings.